The van der Waals surface area contributed by atoms with Crippen molar-refractivity contribution < 1.29 is 9.53 Å². The van der Waals surface area contributed by atoms with Crippen LogP contribution >= 0.6 is 0 Å². The third kappa shape index (κ3) is 5.39. The number of anilines is 2. The van der Waals surface area contributed by atoms with Gasteiger partial charge in [0.05, 0.1) is 30.6 Å². The van der Waals surface area contributed by atoms with Crippen LogP contribution in [0, 0.1) is 0 Å². The number of aryl methyl sites for hydroxylation is 1. The van der Waals surface area contributed by atoms with Gasteiger partial charge in [0, 0.05) is 39.6 Å². The van der Waals surface area contributed by atoms with Crippen LogP contribution in [0.2, 0.25) is 0 Å². The molecule has 0 saturated heterocycles. The molecule has 31 heavy (non-hydrogen) atoms. The number of ether oxygens (including phenoxy) is 1. The molecule has 2 amide bonds. The van der Waals surface area contributed by atoms with E-state index < -0.39 is 0 Å². The first-order chi connectivity index (χ1) is 14.9. The van der Waals surface area contributed by atoms with Crippen LogP contribution in [-0.2, 0) is 17.7 Å². The Labute approximate surface area is 184 Å². The molecule has 0 aromatic carbocycles. The molecule has 2 aromatic heterocycles. The second-order valence-corrected chi connectivity index (χ2v) is 8.49. The van der Waals surface area contributed by atoms with Crippen LogP contribution in [0.4, 0.5) is 16.3 Å². The van der Waals surface area contributed by atoms with Crippen LogP contribution < -0.4 is 16.4 Å². The predicted octanol–water partition coefficient (Wildman–Crippen LogP) is 2.76. The molecule has 2 aromatic rings. The number of pyridine rings is 1. The van der Waals surface area contributed by atoms with Crippen molar-refractivity contribution in [2.45, 2.75) is 64.5 Å². The van der Waals surface area contributed by atoms with Crippen molar-refractivity contribution >= 4 is 28.6 Å². The summed E-state index contributed by atoms with van der Waals surface area (Å²) in [5.74, 6) is 1.44. The zero-order valence-corrected chi connectivity index (χ0v) is 19.1. The van der Waals surface area contributed by atoms with Gasteiger partial charge in [-0.15, -0.1) is 0 Å². The number of imidazole rings is 1. The number of carbonyl (C=O) groups excluding carboxylic acids is 1. The number of amides is 2. The van der Waals surface area contributed by atoms with Crippen LogP contribution in [-0.4, -0.2) is 65.4 Å². The second-order valence-electron chi connectivity index (χ2n) is 8.49. The summed E-state index contributed by atoms with van der Waals surface area (Å²) in [5, 5.41) is 0. The minimum Gasteiger partial charge on any atom is -0.382 e. The van der Waals surface area contributed by atoms with E-state index in [4.69, 9.17) is 21.2 Å². The molecule has 9 heteroatoms. The topological polar surface area (TPSA) is 116 Å². The second kappa shape index (κ2) is 10.7. The summed E-state index contributed by atoms with van der Waals surface area (Å²) >= 11 is 0. The Hall–Kier alpha value is -2.55. The molecule has 0 spiro atoms. The first-order valence-corrected chi connectivity index (χ1v) is 11.4. The summed E-state index contributed by atoms with van der Waals surface area (Å²) in [7, 11) is 3.98. The molecule has 4 N–H and O–H groups in total. The highest BCUT2D eigenvalue weighted by Crippen LogP contribution is 2.29. The third-order valence-electron chi connectivity index (χ3n) is 6.05. The molecule has 1 aliphatic rings. The molecule has 1 fully saturated rings. The van der Waals surface area contributed by atoms with E-state index in [1.165, 1.54) is 6.42 Å². The first kappa shape index (κ1) is 23.1. The molecule has 0 radical (unpaired) electrons. The van der Waals surface area contributed by atoms with Crippen LogP contribution in [0.5, 0.6) is 0 Å². The number of rotatable bonds is 10. The zero-order chi connectivity index (χ0) is 22.4. The molecule has 1 saturated carbocycles. The lowest BCUT2D eigenvalue weighted by Crippen LogP contribution is -2.46. The Bertz CT molecular complexity index is 874. The number of hydrogen-bond donors (Lipinski definition) is 2. The van der Waals surface area contributed by atoms with Gasteiger partial charge < -0.3 is 30.6 Å². The lowest BCUT2D eigenvalue weighted by molar-refractivity contribution is 0.0877. The van der Waals surface area contributed by atoms with Gasteiger partial charge in [-0.2, -0.15) is 0 Å². The van der Waals surface area contributed by atoms with E-state index in [-0.39, 0.29) is 12.1 Å². The number of carbonyl (C=O) groups is 1. The summed E-state index contributed by atoms with van der Waals surface area (Å²) in [5.41, 5.74) is 14.5. The van der Waals surface area contributed by atoms with E-state index in [9.17, 15) is 4.79 Å². The SMILES string of the molecule is CCCc1nc2c(N)ncc(N(C)C)c2n1CCOCCN(C(N)=O)C1CCCCC1. The number of fused-ring (bicyclic) bond motifs is 1. The quantitative estimate of drug-likeness (QED) is 0.559. The summed E-state index contributed by atoms with van der Waals surface area (Å²) in [6, 6.07) is -0.0957. The maximum absolute atomic E-state index is 11.9. The number of nitrogen functional groups attached to an aromatic ring is 1. The van der Waals surface area contributed by atoms with E-state index >= 15 is 0 Å². The van der Waals surface area contributed by atoms with E-state index in [0.717, 1.165) is 61.1 Å². The lowest BCUT2D eigenvalue weighted by atomic mass is 9.94. The lowest BCUT2D eigenvalue weighted by Gasteiger charge is -2.33. The van der Waals surface area contributed by atoms with Crippen molar-refractivity contribution in [1.82, 2.24) is 19.4 Å². The minimum absolute atomic E-state index is 0.252. The highest BCUT2D eigenvalue weighted by Gasteiger charge is 2.23. The van der Waals surface area contributed by atoms with Crippen molar-refractivity contribution in [2.24, 2.45) is 5.73 Å². The van der Waals surface area contributed by atoms with Gasteiger partial charge in [0.25, 0.3) is 0 Å². The van der Waals surface area contributed by atoms with Gasteiger partial charge in [-0.05, 0) is 19.3 Å². The molecule has 0 atom stereocenters. The molecule has 1 aliphatic carbocycles. The van der Waals surface area contributed by atoms with Crippen molar-refractivity contribution in [3.05, 3.63) is 12.0 Å². The molecule has 3 rings (SSSR count). The normalized spacial score (nSPS) is 14.8. The van der Waals surface area contributed by atoms with Gasteiger partial charge in [-0.25, -0.2) is 14.8 Å². The van der Waals surface area contributed by atoms with Crippen molar-refractivity contribution in [2.75, 3.05) is 44.5 Å². The number of urea groups is 1. The van der Waals surface area contributed by atoms with Gasteiger partial charge in [0.1, 0.15) is 11.3 Å². The molecule has 0 aliphatic heterocycles. The Balaban J connectivity index is 1.66. The zero-order valence-electron chi connectivity index (χ0n) is 19.1. The standard InChI is InChI=1S/C22H37N7O2/c1-4-8-18-26-19-20(17(27(2)3)15-25-21(19)23)29(18)12-14-31-13-11-28(22(24)30)16-9-6-5-7-10-16/h15-16H,4-14H2,1-3H3,(H2,23,25)(H2,24,30). The molecule has 0 bridgehead atoms. The summed E-state index contributed by atoms with van der Waals surface area (Å²) in [6.07, 6.45) is 9.28. The fourth-order valence-electron chi connectivity index (χ4n) is 4.46. The van der Waals surface area contributed by atoms with Crippen LogP contribution in [0.15, 0.2) is 6.20 Å². The number of aromatic nitrogens is 3. The smallest absolute Gasteiger partial charge is 0.315 e. The number of primary amides is 1. The number of hydrogen-bond acceptors (Lipinski definition) is 6. The Kier molecular flexibility index (Phi) is 7.95. The Morgan fingerprint density at radius 2 is 2.00 bits per heavy atom. The Morgan fingerprint density at radius 1 is 1.26 bits per heavy atom. The van der Waals surface area contributed by atoms with Crippen LogP contribution in [0.25, 0.3) is 11.0 Å². The van der Waals surface area contributed by atoms with E-state index in [0.29, 0.717) is 32.1 Å². The fraction of sp³-hybridized carbons (Fsp3) is 0.682. The van der Waals surface area contributed by atoms with Gasteiger partial charge in [-0.1, -0.05) is 26.2 Å². The monoisotopic (exact) mass is 431 g/mol. The molecule has 172 valence electrons. The third-order valence-corrected chi connectivity index (χ3v) is 6.05. The molecule has 2 heterocycles. The molecular formula is C22H37N7O2. The fourth-order valence-corrected chi connectivity index (χ4v) is 4.46. The minimum atomic E-state index is -0.347. The van der Waals surface area contributed by atoms with Gasteiger partial charge in [0.2, 0.25) is 0 Å². The first-order valence-electron chi connectivity index (χ1n) is 11.4. The van der Waals surface area contributed by atoms with E-state index in [2.05, 4.69) is 16.5 Å². The summed E-state index contributed by atoms with van der Waals surface area (Å²) in [4.78, 5) is 24.8. The van der Waals surface area contributed by atoms with E-state index in [1.807, 2.05) is 19.0 Å². The largest absolute Gasteiger partial charge is 0.382 e. The van der Waals surface area contributed by atoms with Crippen molar-refractivity contribution in [3.8, 4) is 0 Å². The van der Waals surface area contributed by atoms with Crippen molar-refractivity contribution in [3.63, 3.8) is 0 Å². The average Bonchev–Trinajstić information content (AvgIpc) is 3.10. The summed E-state index contributed by atoms with van der Waals surface area (Å²) < 4.78 is 8.13. The molecular weight excluding hydrogens is 394 g/mol. The van der Waals surface area contributed by atoms with Crippen LogP contribution in [0.3, 0.4) is 0 Å². The van der Waals surface area contributed by atoms with Gasteiger partial charge in [0.15, 0.2) is 5.82 Å². The maximum atomic E-state index is 11.9. The molecule has 9 nitrogen and oxygen atoms in total. The molecule has 0 unspecified atom stereocenters. The van der Waals surface area contributed by atoms with Gasteiger partial charge in [-0.3, -0.25) is 0 Å². The number of nitrogens with two attached hydrogens (primary N) is 2. The van der Waals surface area contributed by atoms with E-state index in [1.54, 1.807) is 11.1 Å². The number of nitrogens with zero attached hydrogens (tertiary/aromatic N) is 5. The highest BCUT2D eigenvalue weighted by atomic mass is 16.5. The highest BCUT2D eigenvalue weighted by molar-refractivity contribution is 5.95. The van der Waals surface area contributed by atoms with Crippen LogP contribution in [0.1, 0.15) is 51.3 Å². The van der Waals surface area contributed by atoms with Crippen molar-refractivity contribution in [1.29, 1.82) is 0 Å². The summed E-state index contributed by atoms with van der Waals surface area (Å²) in [6.45, 7) is 4.33. The average molecular weight is 432 g/mol. The maximum Gasteiger partial charge on any atom is 0.315 e. The van der Waals surface area contributed by atoms with Gasteiger partial charge >= 0.3 is 6.03 Å². The Morgan fingerprint density at radius 3 is 2.65 bits per heavy atom. The predicted molar refractivity (Wildman–Crippen MR) is 124 cm³/mol.